The normalized spacial score (nSPS) is 14.8. The molecule has 5 aromatic rings. The van der Waals surface area contributed by atoms with Crippen LogP contribution in [-0.2, 0) is 5.54 Å². The van der Waals surface area contributed by atoms with Gasteiger partial charge in [0.05, 0.1) is 40.2 Å². The molecule has 0 unspecified atom stereocenters. The fourth-order valence-electron chi connectivity index (χ4n) is 4.92. The molecule has 3 aromatic heterocycles. The van der Waals surface area contributed by atoms with Crippen LogP contribution in [0.5, 0.6) is 0 Å². The van der Waals surface area contributed by atoms with E-state index in [2.05, 4.69) is 64.7 Å². The van der Waals surface area contributed by atoms with Crippen LogP contribution < -0.4 is 10.6 Å². The van der Waals surface area contributed by atoms with E-state index in [0.29, 0.717) is 22.6 Å². The molecule has 10 heteroatoms. The van der Waals surface area contributed by atoms with Crippen LogP contribution in [0.1, 0.15) is 63.4 Å². The van der Waals surface area contributed by atoms with Gasteiger partial charge in [0.15, 0.2) is 0 Å². The van der Waals surface area contributed by atoms with Gasteiger partial charge in [0.2, 0.25) is 0 Å². The second-order valence-corrected chi connectivity index (χ2v) is 12.7. The molecule has 2 N–H and O–H groups in total. The Hall–Kier alpha value is -4.55. The number of halogens is 1. The van der Waals surface area contributed by atoms with Gasteiger partial charge in [-0.15, -0.1) is 5.10 Å². The first-order chi connectivity index (χ1) is 20.1. The molecule has 6 rings (SSSR count). The maximum atomic E-state index is 10.0. The SMILES string of the molecule is CC(C)(C)CNc1c(C#N)cnc2c(N[C@H](c3cn(C4(C)CC4)nn3)c3ccccc3Cl)cc(-c3cncnc3)cc12. The van der Waals surface area contributed by atoms with Crippen molar-refractivity contribution >= 4 is 33.9 Å². The largest absolute Gasteiger partial charge is 0.383 e. The number of benzene rings is 2. The van der Waals surface area contributed by atoms with E-state index >= 15 is 0 Å². The quantitative estimate of drug-likeness (QED) is 0.203. The zero-order valence-electron chi connectivity index (χ0n) is 24.1. The second-order valence-electron chi connectivity index (χ2n) is 12.3. The molecule has 2 aromatic carbocycles. The number of rotatable bonds is 8. The average molecular weight is 578 g/mol. The lowest BCUT2D eigenvalue weighted by Gasteiger charge is -2.23. The van der Waals surface area contributed by atoms with Crippen molar-refractivity contribution in [2.24, 2.45) is 5.41 Å². The molecule has 0 saturated heterocycles. The number of pyridine rings is 1. The topological polar surface area (TPSA) is 117 Å². The van der Waals surface area contributed by atoms with Gasteiger partial charge in [-0.3, -0.25) is 4.98 Å². The smallest absolute Gasteiger partial charge is 0.115 e. The van der Waals surface area contributed by atoms with Crippen molar-refractivity contribution in [2.45, 2.75) is 52.1 Å². The first-order valence-corrected chi connectivity index (χ1v) is 14.3. The van der Waals surface area contributed by atoms with Crippen LogP contribution in [0.15, 0.2) is 67.5 Å². The van der Waals surface area contributed by atoms with Crippen molar-refractivity contribution in [2.75, 3.05) is 17.2 Å². The van der Waals surface area contributed by atoms with Crippen LogP contribution in [0.2, 0.25) is 5.02 Å². The Balaban J connectivity index is 1.54. The van der Waals surface area contributed by atoms with Crippen LogP contribution in [0.25, 0.3) is 22.0 Å². The van der Waals surface area contributed by atoms with E-state index in [9.17, 15) is 5.26 Å². The highest BCUT2D eigenvalue weighted by atomic mass is 35.5. The fraction of sp³-hybridized carbons (Fsp3) is 0.312. The maximum Gasteiger partial charge on any atom is 0.115 e. The fourth-order valence-corrected chi connectivity index (χ4v) is 5.16. The molecule has 0 bridgehead atoms. The zero-order chi connectivity index (χ0) is 29.5. The molecule has 0 amide bonds. The molecule has 9 nitrogen and oxygen atoms in total. The van der Waals surface area contributed by atoms with Crippen LogP contribution >= 0.6 is 11.6 Å². The standard InChI is InChI=1S/C32H32ClN9/c1-31(2,3)18-38-28-21(13-34)16-37-29-24(28)11-20(22-14-35-19-36-15-22)12-26(29)39-30(23-7-5-6-8-25(23)33)27-17-42(41-40-27)32(4)9-10-32/h5-8,11-12,14-17,19,30,39H,9-10,18H2,1-4H3,(H,37,38)/t30-/m0/s1. The number of anilines is 2. The summed E-state index contributed by atoms with van der Waals surface area (Å²) in [7, 11) is 0. The number of nitrogens with one attached hydrogen (secondary N) is 2. The van der Waals surface area contributed by atoms with E-state index in [4.69, 9.17) is 16.6 Å². The molecule has 1 aliphatic rings. The first-order valence-electron chi connectivity index (χ1n) is 13.9. The van der Waals surface area contributed by atoms with Crippen molar-refractivity contribution in [3.8, 4) is 17.2 Å². The summed E-state index contributed by atoms with van der Waals surface area (Å²) in [6, 6.07) is 13.7. The minimum Gasteiger partial charge on any atom is -0.383 e. The molecular formula is C32H32ClN9. The van der Waals surface area contributed by atoms with Gasteiger partial charge in [-0.05, 0) is 54.5 Å². The Morgan fingerprint density at radius 3 is 2.55 bits per heavy atom. The third-order valence-electron chi connectivity index (χ3n) is 7.63. The number of hydrogen-bond acceptors (Lipinski definition) is 8. The lowest BCUT2D eigenvalue weighted by molar-refractivity contribution is 0.443. The van der Waals surface area contributed by atoms with Crippen LogP contribution in [0.3, 0.4) is 0 Å². The van der Waals surface area contributed by atoms with Gasteiger partial charge >= 0.3 is 0 Å². The summed E-state index contributed by atoms with van der Waals surface area (Å²) in [6.07, 6.45) is 10.8. The van der Waals surface area contributed by atoms with Gasteiger partial charge in [0.25, 0.3) is 0 Å². The lowest BCUT2D eigenvalue weighted by atomic mass is 9.96. The van der Waals surface area contributed by atoms with Gasteiger partial charge in [-0.2, -0.15) is 5.26 Å². The molecule has 1 fully saturated rings. The highest BCUT2D eigenvalue weighted by Crippen LogP contribution is 2.43. The summed E-state index contributed by atoms with van der Waals surface area (Å²) in [4.78, 5) is 13.3. The van der Waals surface area contributed by atoms with Gasteiger partial charge in [-0.25, -0.2) is 14.6 Å². The number of fused-ring (bicyclic) bond motifs is 1. The minimum absolute atomic E-state index is 0.000911. The van der Waals surface area contributed by atoms with E-state index in [-0.39, 0.29) is 11.0 Å². The monoisotopic (exact) mass is 577 g/mol. The number of hydrogen-bond donors (Lipinski definition) is 2. The number of nitrogens with zero attached hydrogens (tertiary/aromatic N) is 7. The van der Waals surface area contributed by atoms with Gasteiger partial charge in [0.1, 0.15) is 18.1 Å². The molecule has 0 radical (unpaired) electrons. The van der Waals surface area contributed by atoms with Gasteiger partial charge in [-0.1, -0.05) is 55.8 Å². The Labute approximate surface area is 250 Å². The summed E-state index contributed by atoms with van der Waals surface area (Å²) in [6.45, 7) is 9.31. The molecule has 3 heterocycles. The Morgan fingerprint density at radius 1 is 1.10 bits per heavy atom. The van der Waals surface area contributed by atoms with Crippen LogP contribution in [0, 0.1) is 16.7 Å². The van der Waals surface area contributed by atoms with Gasteiger partial charge < -0.3 is 10.6 Å². The summed E-state index contributed by atoms with van der Waals surface area (Å²) in [5.74, 6) is 0. The molecule has 42 heavy (non-hydrogen) atoms. The molecular weight excluding hydrogens is 546 g/mol. The van der Waals surface area contributed by atoms with Crippen molar-refractivity contribution in [3.05, 3.63) is 89.4 Å². The van der Waals surface area contributed by atoms with Crippen molar-refractivity contribution in [1.29, 1.82) is 5.26 Å². The summed E-state index contributed by atoms with van der Waals surface area (Å²) in [5, 5.41) is 27.8. The van der Waals surface area contributed by atoms with Crippen molar-refractivity contribution in [1.82, 2.24) is 29.9 Å². The van der Waals surface area contributed by atoms with Crippen LogP contribution in [0.4, 0.5) is 11.4 Å². The molecule has 1 atom stereocenters. The van der Waals surface area contributed by atoms with E-state index < -0.39 is 6.04 Å². The molecule has 0 spiro atoms. The minimum atomic E-state index is -0.413. The molecule has 1 saturated carbocycles. The predicted octanol–water partition coefficient (Wildman–Crippen LogP) is 6.98. The predicted molar refractivity (Wildman–Crippen MR) is 165 cm³/mol. The number of aromatic nitrogens is 6. The van der Waals surface area contributed by atoms with Crippen molar-refractivity contribution in [3.63, 3.8) is 0 Å². The Morgan fingerprint density at radius 2 is 1.86 bits per heavy atom. The molecule has 1 aliphatic carbocycles. The zero-order valence-corrected chi connectivity index (χ0v) is 24.8. The Kier molecular flexibility index (Phi) is 7.03. The van der Waals surface area contributed by atoms with E-state index in [1.165, 1.54) is 6.33 Å². The van der Waals surface area contributed by atoms with E-state index in [0.717, 1.165) is 52.0 Å². The average Bonchev–Trinajstić information content (AvgIpc) is 3.53. The van der Waals surface area contributed by atoms with E-state index in [1.807, 2.05) is 47.3 Å². The highest BCUT2D eigenvalue weighted by Gasteiger charge is 2.41. The second kappa shape index (κ2) is 10.7. The van der Waals surface area contributed by atoms with Crippen molar-refractivity contribution < 1.29 is 0 Å². The summed E-state index contributed by atoms with van der Waals surface area (Å²) < 4.78 is 1.95. The number of nitriles is 1. The molecule has 0 aliphatic heterocycles. The van der Waals surface area contributed by atoms with E-state index in [1.54, 1.807) is 18.6 Å². The molecule has 212 valence electrons. The Bertz CT molecular complexity index is 1800. The van der Waals surface area contributed by atoms with Crippen LogP contribution in [-0.4, -0.2) is 36.5 Å². The third kappa shape index (κ3) is 5.50. The highest BCUT2D eigenvalue weighted by molar-refractivity contribution is 6.31. The third-order valence-corrected chi connectivity index (χ3v) is 7.98. The van der Waals surface area contributed by atoms with Gasteiger partial charge in [0, 0.05) is 41.1 Å². The maximum absolute atomic E-state index is 10.0. The lowest BCUT2D eigenvalue weighted by Crippen LogP contribution is -2.20. The summed E-state index contributed by atoms with van der Waals surface area (Å²) >= 11 is 6.77. The summed E-state index contributed by atoms with van der Waals surface area (Å²) in [5.41, 5.74) is 6.01. The first kappa shape index (κ1) is 27.6.